The SMILES string of the molecule is Cc1cc(OCc2cccnc2N)cc(C)c1Br. The van der Waals surface area contributed by atoms with Gasteiger partial charge < -0.3 is 10.5 Å². The lowest BCUT2D eigenvalue weighted by Gasteiger charge is -2.11. The number of aromatic nitrogens is 1. The number of hydrogen-bond donors (Lipinski definition) is 1. The Kier molecular flexibility index (Phi) is 3.87. The van der Waals surface area contributed by atoms with E-state index in [9.17, 15) is 0 Å². The van der Waals surface area contributed by atoms with E-state index in [1.807, 2.05) is 38.1 Å². The minimum atomic E-state index is 0.431. The average Bonchev–Trinajstić information content (AvgIpc) is 2.35. The molecule has 0 unspecified atom stereocenters. The molecule has 0 aliphatic heterocycles. The summed E-state index contributed by atoms with van der Waals surface area (Å²) in [7, 11) is 0. The number of hydrogen-bond acceptors (Lipinski definition) is 3. The van der Waals surface area contributed by atoms with E-state index in [2.05, 4.69) is 20.9 Å². The van der Waals surface area contributed by atoms with Gasteiger partial charge in [0, 0.05) is 16.2 Å². The van der Waals surface area contributed by atoms with Crippen molar-refractivity contribution in [2.24, 2.45) is 0 Å². The van der Waals surface area contributed by atoms with E-state index in [0.29, 0.717) is 12.4 Å². The van der Waals surface area contributed by atoms with Gasteiger partial charge >= 0.3 is 0 Å². The summed E-state index contributed by atoms with van der Waals surface area (Å²) in [5, 5.41) is 0. The van der Waals surface area contributed by atoms with Crippen molar-refractivity contribution in [1.29, 1.82) is 0 Å². The zero-order valence-electron chi connectivity index (χ0n) is 10.4. The van der Waals surface area contributed by atoms with E-state index < -0.39 is 0 Å². The molecule has 0 radical (unpaired) electrons. The summed E-state index contributed by atoms with van der Waals surface area (Å²) < 4.78 is 6.87. The smallest absolute Gasteiger partial charge is 0.129 e. The zero-order chi connectivity index (χ0) is 13.1. The maximum atomic E-state index is 5.77. The number of halogens is 1. The van der Waals surface area contributed by atoms with Crippen LogP contribution in [-0.4, -0.2) is 4.98 Å². The number of ether oxygens (including phenoxy) is 1. The molecule has 4 heteroatoms. The summed E-state index contributed by atoms with van der Waals surface area (Å²) in [6.45, 7) is 4.52. The lowest BCUT2D eigenvalue weighted by atomic mass is 10.1. The Bertz CT molecular complexity index is 546. The molecule has 3 nitrogen and oxygen atoms in total. The second-order valence-corrected chi connectivity index (χ2v) is 5.00. The lowest BCUT2D eigenvalue weighted by Crippen LogP contribution is -2.02. The van der Waals surface area contributed by atoms with Gasteiger partial charge in [0.1, 0.15) is 18.2 Å². The van der Waals surface area contributed by atoms with Gasteiger partial charge in [0.15, 0.2) is 0 Å². The van der Waals surface area contributed by atoms with Crippen LogP contribution in [0, 0.1) is 13.8 Å². The van der Waals surface area contributed by atoms with Crippen molar-refractivity contribution < 1.29 is 4.74 Å². The molecular weight excluding hydrogens is 292 g/mol. The summed E-state index contributed by atoms with van der Waals surface area (Å²) in [5.41, 5.74) is 8.98. The van der Waals surface area contributed by atoms with Crippen LogP contribution in [0.5, 0.6) is 5.75 Å². The largest absolute Gasteiger partial charge is 0.489 e. The summed E-state index contributed by atoms with van der Waals surface area (Å²) in [5.74, 6) is 1.36. The molecule has 2 rings (SSSR count). The van der Waals surface area contributed by atoms with E-state index in [4.69, 9.17) is 10.5 Å². The Morgan fingerprint density at radius 1 is 1.28 bits per heavy atom. The van der Waals surface area contributed by atoms with Crippen LogP contribution in [0.4, 0.5) is 5.82 Å². The van der Waals surface area contributed by atoms with Crippen LogP contribution in [0.1, 0.15) is 16.7 Å². The second-order valence-electron chi connectivity index (χ2n) is 4.21. The highest BCUT2D eigenvalue weighted by Gasteiger charge is 2.05. The molecule has 0 bridgehead atoms. The van der Waals surface area contributed by atoms with Crippen molar-refractivity contribution in [1.82, 2.24) is 4.98 Å². The monoisotopic (exact) mass is 306 g/mol. The van der Waals surface area contributed by atoms with E-state index in [1.165, 1.54) is 0 Å². The first kappa shape index (κ1) is 12.9. The number of pyridine rings is 1. The van der Waals surface area contributed by atoms with E-state index in [0.717, 1.165) is 26.9 Å². The first-order valence-electron chi connectivity index (χ1n) is 5.67. The van der Waals surface area contributed by atoms with Crippen LogP contribution in [0.25, 0.3) is 0 Å². The quantitative estimate of drug-likeness (QED) is 0.942. The third-order valence-corrected chi connectivity index (χ3v) is 3.98. The Morgan fingerprint density at radius 3 is 2.56 bits per heavy atom. The van der Waals surface area contributed by atoms with Crippen LogP contribution < -0.4 is 10.5 Å². The molecule has 1 aromatic heterocycles. The van der Waals surface area contributed by atoms with Crippen LogP contribution in [0.2, 0.25) is 0 Å². The van der Waals surface area contributed by atoms with Crippen molar-refractivity contribution in [2.45, 2.75) is 20.5 Å². The molecule has 0 saturated carbocycles. The highest BCUT2D eigenvalue weighted by Crippen LogP contribution is 2.27. The molecule has 0 amide bonds. The number of aryl methyl sites for hydroxylation is 2. The molecular formula is C14H15BrN2O. The Balaban J connectivity index is 2.14. The molecule has 0 saturated heterocycles. The predicted octanol–water partition coefficient (Wildman–Crippen LogP) is 3.62. The van der Waals surface area contributed by atoms with Crippen LogP contribution in [0.15, 0.2) is 34.9 Å². The third-order valence-electron chi connectivity index (χ3n) is 2.73. The molecule has 0 spiro atoms. The second kappa shape index (κ2) is 5.40. The van der Waals surface area contributed by atoms with Gasteiger partial charge in [-0.05, 0) is 43.2 Å². The van der Waals surface area contributed by atoms with Gasteiger partial charge in [-0.25, -0.2) is 4.98 Å². The van der Waals surface area contributed by atoms with Crippen LogP contribution in [0.3, 0.4) is 0 Å². The van der Waals surface area contributed by atoms with Gasteiger partial charge in [0.25, 0.3) is 0 Å². The summed E-state index contributed by atoms with van der Waals surface area (Å²) in [6.07, 6.45) is 1.67. The maximum Gasteiger partial charge on any atom is 0.129 e. The van der Waals surface area contributed by atoms with E-state index in [1.54, 1.807) is 6.20 Å². The standard InChI is InChI=1S/C14H15BrN2O/c1-9-6-12(7-10(2)13(9)15)18-8-11-4-3-5-17-14(11)16/h3-7H,8H2,1-2H3,(H2,16,17). The number of rotatable bonds is 3. The number of benzene rings is 1. The molecule has 94 valence electrons. The van der Waals surface area contributed by atoms with Gasteiger partial charge in [-0.3, -0.25) is 0 Å². The average molecular weight is 307 g/mol. The molecule has 2 N–H and O–H groups in total. The predicted molar refractivity (Wildman–Crippen MR) is 76.6 cm³/mol. The topological polar surface area (TPSA) is 48.1 Å². The van der Waals surface area contributed by atoms with Crippen molar-refractivity contribution in [3.05, 3.63) is 51.6 Å². The number of anilines is 1. The summed E-state index contributed by atoms with van der Waals surface area (Å²) in [4.78, 5) is 4.03. The number of nitrogen functional groups attached to an aromatic ring is 1. The molecule has 0 aliphatic carbocycles. The van der Waals surface area contributed by atoms with Crippen molar-refractivity contribution in [3.8, 4) is 5.75 Å². The highest BCUT2D eigenvalue weighted by atomic mass is 79.9. The Labute approximate surface area is 115 Å². The highest BCUT2D eigenvalue weighted by molar-refractivity contribution is 9.10. The fourth-order valence-corrected chi connectivity index (χ4v) is 1.95. The van der Waals surface area contributed by atoms with E-state index >= 15 is 0 Å². The molecule has 0 aliphatic rings. The van der Waals surface area contributed by atoms with Crippen molar-refractivity contribution in [3.63, 3.8) is 0 Å². The van der Waals surface area contributed by atoms with Crippen LogP contribution in [-0.2, 0) is 6.61 Å². The molecule has 0 atom stereocenters. The van der Waals surface area contributed by atoms with Gasteiger partial charge in [0.2, 0.25) is 0 Å². The van der Waals surface area contributed by atoms with Gasteiger partial charge in [-0.15, -0.1) is 0 Å². The number of nitrogens with zero attached hydrogens (tertiary/aromatic N) is 1. The Morgan fingerprint density at radius 2 is 1.94 bits per heavy atom. The third kappa shape index (κ3) is 2.82. The summed E-state index contributed by atoms with van der Waals surface area (Å²) >= 11 is 3.54. The van der Waals surface area contributed by atoms with Crippen molar-refractivity contribution >= 4 is 21.7 Å². The fourth-order valence-electron chi connectivity index (χ4n) is 1.72. The minimum Gasteiger partial charge on any atom is -0.489 e. The van der Waals surface area contributed by atoms with Crippen molar-refractivity contribution in [2.75, 3.05) is 5.73 Å². The lowest BCUT2D eigenvalue weighted by molar-refractivity contribution is 0.306. The molecule has 1 heterocycles. The normalized spacial score (nSPS) is 10.4. The first-order chi connectivity index (χ1) is 8.58. The minimum absolute atomic E-state index is 0.431. The Hall–Kier alpha value is -1.55. The molecule has 2 aromatic rings. The summed E-state index contributed by atoms with van der Waals surface area (Å²) in [6, 6.07) is 7.78. The van der Waals surface area contributed by atoms with Crippen LogP contribution >= 0.6 is 15.9 Å². The fraction of sp³-hybridized carbons (Fsp3) is 0.214. The maximum absolute atomic E-state index is 5.77. The van der Waals surface area contributed by atoms with E-state index in [-0.39, 0.29) is 0 Å². The molecule has 1 aromatic carbocycles. The first-order valence-corrected chi connectivity index (χ1v) is 6.46. The van der Waals surface area contributed by atoms with Gasteiger partial charge in [-0.1, -0.05) is 22.0 Å². The molecule has 0 fully saturated rings. The van der Waals surface area contributed by atoms with Gasteiger partial charge in [-0.2, -0.15) is 0 Å². The molecule has 18 heavy (non-hydrogen) atoms. The number of nitrogens with two attached hydrogens (primary N) is 1. The van der Waals surface area contributed by atoms with Gasteiger partial charge in [0.05, 0.1) is 0 Å². The zero-order valence-corrected chi connectivity index (χ0v) is 12.0.